The molecule has 2 aromatic heterocycles. The minimum atomic E-state index is -1.71. The van der Waals surface area contributed by atoms with Crippen LogP contribution in [0.2, 0.25) is 0 Å². The van der Waals surface area contributed by atoms with E-state index in [-0.39, 0.29) is 56.6 Å². The molecule has 0 bridgehead atoms. The fourth-order valence-corrected chi connectivity index (χ4v) is 12.5. The second-order valence-electron chi connectivity index (χ2n) is 20.2. The first-order valence-corrected chi connectivity index (χ1v) is 28.2. The van der Waals surface area contributed by atoms with Gasteiger partial charge in [0.25, 0.3) is 14.4 Å². The second kappa shape index (κ2) is 25.6. The van der Waals surface area contributed by atoms with Crippen molar-refractivity contribution in [3.63, 3.8) is 0 Å². The summed E-state index contributed by atoms with van der Waals surface area (Å²) in [5.74, 6) is 1.14. The highest BCUT2D eigenvalue weighted by molar-refractivity contribution is 7.44. The Kier molecular flexibility index (Phi) is 17.8. The van der Waals surface area contributed by atoms with Crippen molar-refractivity contribution < 1.29 is 42.3 Å². The molecule has 2 amide bonds. The molecule has 1 aliphatic carbocycles. The van der Waals surface area contributed by atoms with Crippen LogP contribution in [-0.4, -0.2) is 94.5 Å². The number of nitrogens with zero attached hydrogens (tertiary/aromatic N) is 6. The summed E-state index contributed by atoms with van der Waals surface area (Å²) in [5, 5.41) is 15.3. The monoisotopic (exact) mass is 1110 g/mol. The minimum absolute atomic E-state index is 0.0431. The molecule has 6 aromatic carbocycles. The lowest BCUT2D eigenvalue weighted by atomic mass is 9.80. The van der Waals surface area contributed by atoms with Crippen molar-refractivity contribution in [2.45, 2.75) is 89.1 Å². The van der Waals surface area contributed by atoms with Crippen molar-refractivity contribution in [2.75, 3.05) is 39.4 Å². The number of hydrogen-bond acceptors (Lipinski definition) is 14. The molecule has 10 rings (SSSR count). The first-order valence-electron chi connectivity index (χ1n) is 27.0. The third-order valence-corrected chi connectivity index (χ3v) is 16.8. The number of methoxy groups -OCH3 is 2. The van der Waals surface area contributed by atoms with E-state index in [0.29, 0.717) is 34.6 Å². The van der Waals surface area contributed by atoms with Crippen molar-refractivity contribution >= 4 is 37.5 Å². The van der Waals surface area contributed by atoms with Gasteiger partial charge in [0, 0.05) is 36.5 Å². The third-order valence-electron chi connectivity index (χ3n) is 14.6. The smallest absolute Gasteiger partial charge is 0.407 e. The van der Waals surface area contributed by atoms with Crippen LogP contribution < -0.4 is 20.1 Å². The summed E-state index contributed by atoms with van der Waals surface area (Å²) >= 11 is 0. The number of aromatic nitrogens is 4. The quantitative estimate of drug-likeness (QED) is 0.0349. The summed E-state index contributed by atoms with van der Waals surface area (Å²) in [5.41, 5.74) is 7.94. The molecule has 2 aliphatic rings. The highest BCUT2D eigenvalue weighted by Gasteiger charge is 2.45. The Hall–Kier alpha value is -8.07. The zero-order chi connectivity index (χ0) is 56.5. The number of benzene rings is 6. The van der Waals surface area contributed by atoms with Crippen LogP contribution in [0, 0.1) is 11.3 Å². The molecule has 0 radical (unpaired) electrons. The summed E-state index contributed by atoms with van der Waals surface area (Å²) in [7, 11) is 1.56. The number of anilines is 1. The Labute approximate surface area is 473 Å². The van der Waals surface area contributed by atoms with Gasteiger partial charge in [0.15, 0.2) is 17.0 Å². The van der Waals surface area contributed by atoms with Crippen molar-refractivity contribution in [1.29, 1.82) is 5.26 Å². The second-order valence-corrected chi connectivity index (χ2v) is 21.7. The van der Waals surface area contributed by atoms with E-state index in [0.717, 1.165) is 44.5 Å². The van der Waals surface area contributed by atoms with Crippen LogP contribution in [0.25, 0.3) is 22.3 Å². The molecule has 416 valence electrons. The molecule has 4 atom stereocenters. The number of rotatable bonds is 23. The molecule has 3 heterocycles. The SMILES string of the molecule is COc1ccc(C(OC[C@H]2O[C@@H](n3cnc4c(NC(=O)c5ccc(CNC(=O)OCC6c7ccccc7-c7ccccc76)cc5)ncnc43)C[C@H]2OP(OCCC#N)N(C(C)C)C(C)C)(c2ccccc2)c2ccc(OC)cc2)cc1. The van der Waals surface area contributed by atoms with Crippen LogP contribution in [0.15, 0.2) is 164 Å². The molecule has 2 N–H and O–H groups in total. The predicted molar refractivity (Wildman–Crippen MR) is 309 cm³/mol. The maximum Gasteiger partial charge on any atom is 0.407 e. The standard InChI is InChI=1S/C63H65N8O9P/c1-41(2)71(42(3)4)81(78-34-14-33-64)80-55-35-57(79-56(55)38-77-63(45-15-8-7-9-16-45,46-25-29-48(74-5)30-26-46)47-27-31-49(75-6)32-28-47)70-40-68-58-59(66-39-67-60(58)70)69-61(72)44-23-21-43(22-24-44)36-65-62(73)76-37-54-52-19-12-10-17-50(52)51-18-11-13-20-53(51)54/h7-13,15-32,39-42,54-57H,14,34-38H2,1-6H3,(H,65,73)(H,66,67,69,72)/t55-,56-,57-,81?/m1/s1. The van der Waals surface area contributed by atoms with Gasteiger partial charge in [0.05, 0.1) is 52.4 Å². The van der Waals surface area contributed by atoms with Gasteiger partial charge in [0.1, 0.15) is 42.4 Å². The maximum atomic E-state index is 13.8. The molecule has 1 saturated heterocycles. The van der Waals surface area contributed by atoms with Gasteiger partial charge in [-0.1, -0.05) is 115 Å². The Morgan fingerprint density at radius 2 is 1.37 bits per heavy atom. The molecule has 1 aliphatic heterocycles. The van der Waals surface area contributed by atoms with E-state index in [1.54, 1.807) is 44.8 Å². The number of imidazole rings is 1. The molecule has 17 nitrogen and oxygen atoms in total. The van der Waals surface area contributed by atoms with Gasteiger partial charge in [-0.2, -0.15) is 5.26 Å². The van der Waals surface area contributed by atoms with Crippen LogP contribution in [0.4, 0.5) is 10.6 Å². The highest BCUT2D eigenvalue weighted by Crippen LogP contribution is 2.51. The highest BCUT2D eigenvalue weighted by atomic mass is 31.2. The van der Waals surface area contributed by atoms with E-state index in [4.69, 9.17) is 37.7 Å². The summed E-state index contributed by atoms with van der Waals surface area (Å²) in [6.45, 7) is 9.02. The average Bonchev–Trinajstić information content (AvgIpc) is 4.30. The number of ether oxygens (including phenoxy) is 5. The molecule has 8 aromatic rings. The van der Waals surface area contributed by atoms with Gasteiger partial charge in [-0.15, -0.1) is 0 Å². The van der Waals surface area contributed by atoms with Gasteiger partial charge in [-0.25, -0.2) is 24.4 Å². The lowest BCUT2D eigenvalue weighted by molar-refractivity contribution is -0.0912. The molecule has 1 unspecified atom stereocenters. The number of nitrogens with one attached hydrogen (secondary N) is 2. The fourth-order valence-electron chi connectivity index (χ4n) is 10.8. The number of hydrogen-bond donors (Lipinski definition) is 2. The van der Waals surface area contributed by atoms with E-state index in [2.05, 4.69) is 83.3 Å². The number of alkyl carbamates (subject to hydrolysis) is 1. The third kappa shape index (κ3) is 12.2. The molecular weight excluding hydrogens is 1040 g/mol. The van der Waals surface area contributed by atoms with Crippen molar-refractivity contribution in [3.05, 3.63) is 203 Å². The van der Waals surface area contributed by atoms with Crippen LogP contribution >= 0.6 is 8.53 Å². The summed E-state index contributed by atoms with van der Waals surface area (Å²) in [6, 6.07) is 51.3. The largest absolute Gasteiger partial charge is 0.497 e. The van der Waals surface area contributed by atoms with Crippen LogP contribution in [-0.2, 0) is 35.4 Å². The number of carbonyl (C=O) groups is 2. The first-order chi connectivity index (χ1) is 39.5. The average molecular weight is 1110 g/mol. The normalized spacial score (nSPS) is 16.3. The van der Waals surface area contributed by atoms with Crippen LogP contribution in [0.1, 0.15) is 96.4 Å². The maximum absolute atomic E-state index is 13.8. The fraction of sp³-hybridized carbons (Fsp3) is 0.302. The van der Waals surface area contributed by atoms with Crippen LogP contribution in [0.3, 0.4) is 0 Å². The van der Waals surface area contributed by atoms with Crippen molar-refractivity contribution in [3.8, 4) is 28.7 Å². The number of carbonyl (C=O) groups excluding carboxylic acids is 2. The molecule has 1 fully saturated rings. The zero-order valence-electron chi connectivity index (χ0n) is 46.1. The topological polar surface area (TPSA) is 193 Å². The van der Waals surface area contributed by atoms with E-state index >= 15 is 0 Å². The van der Waals surface area contributed by atoms with Gasteiger partial charge >= 0.3 is 6.09 Å². The lowest BCUT2D eigenvalue weighted by Crippen LogP contribution is -2.39. The molecule has 0 spiro atoms. The number of nitriles is 1. The van der Waals surface area contributed by atoms with E-state index in [9.17, 15) is 14.9 Å². The predicted octanol–water partition coefficient (Wildman–Crippen LogP) is 12.1. The molecular formula is C63H65N8O9P. The molecule has 81 heavy (non-hydrogen) atoms. The number of amides is 2. The molecule has 18 heteroatoms. The Morgan fingerprint density at radius 3 is 1.98 bits per heavy atom. The summed E-state index contributed by atoms with van der Waals surface area (Å²) in [6.07, 6.45) is 1.05. The minimum Gasteiger partial charge on any atom is -0.497 e. The van der Waals surface area contributed by atoms with Gasteiger partial charge < -0.3 is 43.4 Å². The van der Waals surface area contributed by atoms with Gasteiger partial charge in [0.2, 0.25) is 0 Å². The summed E-state index contributed by atoms with van der Waals surface area (Å²) in [4.78, 5) is 40.6. The Balaban J connectivity index is 0.877. The number of fused-ring (bicyclic) bond motifs is 4. The first kappa shape index (κ1) is 56.2. The van der Waals surface area contributed by atoms with Crippen LogP contribution in [0.5, 0.6) is 11.5 Å². The van der Waals surface area contributed by atoms with Crippen molar-refractivity contribution in [1.82, 2.24) is 29.5 Å². The van der Waals surface area contributed by atoms with Gasteiger partial charge in [-0.3, -0.25) is 9.36 Å². The van der Waals surface area contributed by atoms with E-state index < -0.39 is 44.6 Å². The zero-order valence-corrected chi connectivity index (χ0v) is 47.0. The molecule has 0 saturated carbocycles. The van der Waals surface area contributed by atoms with Crippen molar-refractivity contribution in [2.24, 2.45) is 0 Å². The Bertz CT molecular complexity index is 3370. The Morgan fingerprint density at radius 1 is 0.765 bits per heavy atom. The van der Waals surface area contributed by atoms with E-state index in [1.165, 1.54) is 6.33 Å². The van der Waals surface area contributed by atoms with Gasteiger partial charge in [-0.05, 0) is 109 Å². The summed E-state index contributed by atoms with van der Waals surface area (Å²) < 4.78 is 49.0. The van der Waals surface area contributed by atoms with E-state index in [1.807, 2.05) is 108 Å². The lowest BCUT2D eigenvalue weighted by Gasteiger charge is -2.39.